The molecule has 1 aromatic heterocycles. The van der Waals surface area contributed by atoms with Gasteiger partial charge in [0, 0.05) is 16.9 Å². The van der Waals surface area contributed by atoms with E-state index in [1.807, 2.05) is 19.1 Å². The maximum absolute atomic E-state index is 7.57. The van der Waals surface area contributed by atoms with E-state index in [9.17, 15) is 0 Å². The van der Waals surface area contributed by atoms with Gasteiger partial charge in [-0.25, -0.2) is 4.98 Å². The number of hydrogen-bond donors (Lipinski definition) is 2. The number of aryl methyl sites for hydroxylation is 1. The summed E-state index contributed by atoms with van der Waals surface area (Å²) in [4.78, 5) is 5.20. The second kappa shape index (κ2) is 5.69. The Morgan fingerprint density at radius 3 is 2.94 bits per heavy atom. The Morgan fingerprint density at radius 1 is 1.56 bits per heavy atom. The first kappa shape index (κ1) is 13.3. The molecule has 0 saturated carbocycles. The highest BCUT2D eigenvalue weighted by Gasteiger charge is 2.13. The molecule has 0 radical (unpaired) electrons. The van der Waals surface area contributed by atoms with Crippen LogP contribution in [-0.2, 0) is 6.42 Å². The van der Waals surface area contributed by atoms with E-state index in [2.05, 4.69) is 9.36 Å². The van der Waals surface area contributed by atoms with Gasteiger partial charge in [-0.1, -0.05) is 36.4 Å². The predicted molar refractivity (Wildman–Crippen MR) is 75.9 cm³/mol. The molecule has 2 aromatic rings. The van der Waals surface area contributed by atoms with E-state index in [0.717, 1.165) is 21.5 Å². The summed E-state index contributed by atoms with van der Waals surface area (Å²) in [5, 5.41) is 8.05. The lowest BCUT2D eigenvalue weighted by Gasteiger charge is -2.07. The van der Waals surface area contributed by atoms with E-state index in [0.29, 0.717) is 10.6 Å². The number of aromatic nitrogens is 2. The fourth-order valence-electron chi connectivity index (χ4n) is 1.37. The van der Waals surface area contributed by atoms with Crippen LogP contribution in [-0.4, -0.2) is 15.2 Å². The van der Waals surface area contributed by atoms with Crippen molar-refractivity contribution >= 4 is 40.7 Å². The van der Waals surface area contributed by atoms with E-state index in [1.165, 1.54) is 23.3 Å². The smallest absolute Gasteiger partial charge is 0.174 e. The average molecular weight is 299 g/mol. The molecule has 4 nitrogen and oxygen atoms in total. The van der Waals surface area contributed by atoms with Crippen LogP contribution in [0.2, 0.25) is 5.02 Å². The van der Waals surface area contributed by atoms with Gasteiger partial charge in [0.1, 0.15) is 11.7 Å². The van der Waals surface area contributed by atoms with E-state index < -0.39 is 0 Å². The Bertz CT molecular complexity index is 582. The normalized spacial score (nSPS) is 10.6. The van der Waals surface area contributed by atoms with E-state index in [4.69, 9.17) is 22.7 Å². The summed E-state index contributed by atoms with van der Waals surface area (Å²) in [7, 11) is 0. The lowest BCUT2D eigenvalue weighted by atomic mass is 10.2. The second-order valence-electron chi connectivity index (χ2n) is 3.46. The maximum Gasteiger partial charge on any atom is 0.174 e. The molecular weight excluding hydrogens is 288 g/mol. The Kier molecular flexibility index (Phi) is 4.21. The highest BCUT2D eigenvalue weighted by Crippen LogP contribution is 2.34. The molecule has 3 N–H and O–H groups in total. The third-order valence-electron chi connectivity index (χ3n) is 2.21. The van der Waals surface area contributed by atoms with Crippen LogP contribution in [0.3, 0.4) is 0 Å². The minimum absolute atomic E-state index is 0.0386. The fraction of sp³-hybridized carbons (Fsp3) is 0.182. The van der Waals surface area contributed by atoms with Gasteiger partial charge in [-0.2, -0.15) is 4.37 Å². The molecule has 0 unspecified atom stereocenters. The molecular formula is C11H11ClN4S2. The van der Waals surface area contributed by atoms with Crippen molar-refractivity contribution in [1.29, 1.82) is 5.41 Å². The van der Waals surface area contributed by atoms with Gasteiger partial charge >= 0.3 is 0 Å². The van der Waals surface area contributed by atoms with E-state index >= 15 is 0 Å². The van der Waals surface area contributed by atoms with Crippen molar-refractivity contribution in [3.63, 3.8) is 0 Å². The number of nitrogens with zero attached hydrogens (tertiary/aromatic N) is 2. The lowest BCUT2D eigenvalue weighted by molar-refractivity contribution is 0.971. The number of rotatable bonds is 4. The number of halogens is 1. The monoisotopic (exact) mass is 298 g/mol. The molecule has 2 rings (SSSR count). The van der Waals surface area contributed by atoms with Gasteiger partial charge in [0.2, 0.25) is 0 Å². The Hall–Kier alpha value is -1.11. The first-order chi connectivity index (χ1) is 8.61. The van der Waals surface area contributed by atoms with E-state index in [-0.39, 0.29) is 5.84 Å². The number of hydrogen-bond acceptors (Lipinski definition) is 5. The molecule has 0 aliphatic heterocycles. The van der Waals surface area contributed by atoms with E-state index in [1.54, 1.807) is 6.07 Å². The number of nitrogen functional groups attached to an aromatic ring is 1. The fourth-order valence-corrected chi connectivity index (χ4v) is 3.54. The summed E-state index contributed by atoms with van der Waals surface area (Å²) < 4.78 is 5.05. The van der Waals surface area contributed by atoms with Gasteiger partial charge in [-0.3, -0.25) is 5.41 Å². The molecule has 0 spiro atoms. The topological polar surface area (TPSA) is 75.7 Å². The average Bonchev–Trinajstić information content (AvgIpc) is 2.76. The first-order valence-corrected chi connectivity index (χ1v) is 7.22. The molecule has 0 amide bonds. The Morgan fingerprint density at radius 2 is 2.33 bits per heavy atom. The van der Waals surface area contributed by atoms with Crippen molar-refractivity contribution in [2.45, 2.75) is 22.6 Å². The Labute approximate surface area is 118 Å². The van der Waals surface area contributed by atoms with Crippen LogP contribution in [0.15, 0.2) is 27.4 Å². The minimum Gasteiger partial charge on any atom is -0.384 e. The van der Waals surface area contributed by atoms with Gasteiger partial charge in [0.25, 0.3) is 0 Å². The van der Waals surface area contributed by atoms with Crippen molar-refractivity contribution in [1.82, 2.24) is 9.36 Å². The third kappa shape index (κ3) is 2.82. The summed E-state index contributed by atoms with van der Waals surface area (Å²) in [6.45, 7) is 2.01. The van der Waals surface area contributed by atoms with Gasteiger partial charge in [-0.15, -0.1) is 0 Å². The van der Waals surface area contributed by atoms with Crippen LogP contribution < -0.4 is 5.73 Å². The van der Waals surface area contributed by atoms with Crippen molar-refractivity contribution in [3.8, 4) is 0 Å². The van der Waals surface area contributed by atoms with Crippen molar-refractivity contribution < 1.29 is 0 Å². The quantitative estimate of drug-likeness (QED) is 0.671. The molecule has 0 saturated heterocycles. The van der Waals surface area contributed by atoms with Crippen LogP contribution in [0.5, 0.6) is 0 Å². The van der Waals surface area contributed by atoms with Gasteiger partial charge in [0.15, 0.2) is 4.34 Å². The number of nitrogens with two attached hydrogens (primary N) is 1. The van der Waals surface area contributed by atoms with Crippen molar-refractivity contribution in [2.24, 2.45) is 5.73 Å². The molecule has 0 aliphatic rings. The highest BCUT2D eigenvalue weighted by atomic mass is 35.5. The Balaban J connectivity index is 2.34. The zero-order chi connectivity index (χ0) is 13.1. The first-order valence-electron chi connectivity index (χ1n) is 5.25. The molecule has 7 heteroatoms. The van der Waals surface area contributed by atoms with Crippen molar-refractivity contribution in [3.05, 3.63) is 34.6 Å². The standard InChI is InChI=1S/C11H11ClN4S2/c1-2-8-15-11(18-16-8)17-7-5-3-4-6(12)9(7)10(13)14/h3-5H,2H2,1H3,(H3,13,14). The molecule has 1 heterocycles. The summed E-state index contributed by atoms with van der Waals surface area (Å²) in [5.41, 5.74) is 6.11. The number of nitrogens with one attached hydrogen (secondary N) is 1. The summed E-state index contributed by atoms with van der Waals surface area (Å²) in [6, 6.07) is 5.43. The molecule has 18 heavy (non-hydrogen) atoms. The maximum atomic E-state index is 7.57. The summed E-state index contributed by atoms with van der Waals surface area (Å²) >= 11 is 8.83. The van der Waals surface area contributed by atoms with Gasteiger partial charge in [0.05, 0.1) is 5.02 Å². The van der Waals surface area contributed by atoms with Crippen LogP contribution >= 0.6 is 34.9 Å². The molecule has 1 aromatic carbocycles. The lowest BCUT2D eigenvalue weighted by Crippen LogP contribution is -2.12. The number of benzene rings is 1. The highest BCUT2D eigenvalue weighted by molar-refractivity contribution is 8.01. The molecule has 0 aliphatic carbocycles. The van der Waals surface area contributed by atoms with Gasteiger partial charge < -0.3 is 5.73 Å². The van der Waals surface area contributed by atoms with Crippen LogP contribution in [0.4, 0.5) is 0 Å². The minimum atomic E-state index is -0.0386. The SMILES string of the molecule is CCc1nsc(Sc2cccc(Cl)c2C(=N)N)n1. The van der Waals surface area contributed by atoms with Crippen molar-refractivity contribution in [2.75, 3.05) is 0 Å². The van der Waals surface area contributed by atoms with Crippen LogP contribution in [0, 0.1) is 5.41 Å². The molecule has 0 atom stereocenters. The molecule has 0 fully saturated rings. The zero-order valence-electron chi connectivity index (χ0n) is 9.61. The van der Waals surface area contributed by atoms with Gasteiger partial charge in [-0.05, 0) is 23.7 Å². The predicted octanol–water partition coefficient (Wildman–Crippen LogP) is 3.19. The second-order valence-corrected chi connectivity index (χ2v) is 5.91. The largest absolute Gasteiger partial charge is 0.384 e. The third-order valence-corrected chi connectivity index (χ3v) is 4.37. The summed E-state index contributed by atoms with van der Waals surface area (Å²) in [6.07, 6.45) is 0.812. The zero-order valence-corrected chi connectivity index (χ0v) is 12.0. The van der Waals surface area contributed by atoms with Crippen LogP contribution in [0.1, 0.15) is 18.3 Å². The molecule has 0 bridgehead atoms. The number of amidine groups is 1. The molecule has 94 valence electrons. The summed E-state index contributed by atoms with van der Waals surface area (Å²) in [5.74, 6) is 0.789. The van der Waals surface area contributed by atoms with Crippen LogP contribution in [0.25, 0.3) is 0 Å².